The smallest absolute Gasteiger partial charge is 0.263 e. The van der Waals surface area contributed by atoms with Gasteiger partial charge < -0.3 is 10.8 Å². The first-order valence-electron chi connectivity index (χ1n) is 12.2. The Morgan fingerprint density at radius 3 is 2.51 bits per heavy atom. The zero-order valence-corrected chi connectivity index (χ0v) is 22.6. The molecule has 0 spiro atoms. The summed E-state index contributed by atoms with van der Waals surface area (Å²) >= 11 is 6.05. The first kappa shape index (κ1) is 25.9. The number of aryl methyl sites for hydroxylation is 2. The number of para-hydroxylation sites is 1. The van der Waals surface area contributed by atoms with Crippen molar-refractivity contribution in [1.29, 1.82) is 0 Å². The van der Waals surface area contributed by atoms with E-state index in [1.807, 2.05) is 62.4 Å². The Balaban J connectivity index is 1.80. The fraction of sp³-hybridized carbons (Fsp3) is 0.133. The van der Waals surface area contributed by atoms with Crippen molar-refractivity contribution < 1.29 is 5.11 Å². The Morgan fingerprint density at radius 2 is 1.82 bits per heavy atom. The van der Waals surface area contributed by atoms with Crippen molar-refractivity contribution in [3.63, 3.8) is 0 Å². The number of phenolic OH excluding ortho intramolecular Hbond substituents is 1. The summed E-state index contributed by atoms with van der Waals surface area (Å²) in [6, 6.07) is 20.4. The molecule has 196 valence electrons. The number of fused-ring (bicyclic) bond motifs is 1. The van der Waals surface area contributed by atoms with Crippen molar-refractivity contribution in [3.8, 4) is 22.7 Å². The minimum absolute atomic E-state index is 0.0897. The van der Waals surface area contributed by atoms with E-state index in [4.69, 9.17) is 22.4 Å². The number of nitrogens with zero attached hydrogens (tertiary/aromatic N) is 5. The first-order chi connectivity index (χ1) is 18.7. The second-order valence-electron chi connectivity index (χ2n) is 9.24. The molecule has 0 unspecified atom stereocenters. The average Bonchev–Trinajstić information content (AvgIpc) is 3.28. The number of pyridine rings is 1. The molecule has 39 heavy (non-hydrogen) atoms. The molecule has 0 aliphatic rings. The molecule has 2 heterocycles. The third-order valence-corrected chi connectivity index (χ3v) is 7.11. The molecule has 3 N–H and O–H groups in total. The molecule has 5 rings (SSSR count). The molecule has 0 amide bonds. The minimum atomic E-state index is -0.118. The number of aliphatic imine (C=N–C) groups is 2. The van der Waals surface area contributed by atoms with Crippen LogP contribution >= 0.6 is 11.6 Å². The average molecular weight is 539 g/mol. The van der Waals surface area contributed by atoms with Crippen LogP contribution in [0.3, 0.4) is 0 Å². The van der Waals surface area contributed by atoms with Gasteiger partial charge in [-0.05, 0) is 61.3 Å². The number of benzene rings is 3. The summed E-state index contributed by atoms with van der Waals surface area (Å²) in [5, 5.41) is 16.8. The summed E-state index contributed by atoms with van der Waals surface area (Å²) in [7, 11) is 1.57. The predicted octanol–water partition coefficient (Wildman–Crippen LogP) is 5.55. The van der Waals surface area contributed by atoms with Gasteiger partial charge >= 0.3 is 0 Å². The van der Waals surface area contributed by atoms with Crippen LogP contribution in [-0.2, 0) is 6.54 Å². The second kappa shape index (κ2) is 10.2. The Hall–Kier alpha value is -4.69. The third kappa shape index (κ3) is 4.49. The highest BCUT2D eigenvalue weighted by Crippen LogP contribution is 2.35. The van der Waals surface area contributed by atoms with Crippen LogP contribution in [0.2, 0.25) is 5.02 Å². The lowest BCUT2D eigenvalue weighted by Crippen LogP contribution is -2.25. The molecule has 0 aliphatic carbocycles. The number of hydrogen-bond donors (Lipinski definition) is 2. The van der Waals surface area contributed by atoms with E-state index in [0.717, 1.165) is 22.2 Å². The van der Waals surface area contributed by atoms with Crippen molar-refractivity contribution in [3.05, 3.63) is 104 Å². The van der Waals surface area contributed by atoms with E-state index in [-0.39, 0.29) is 28.7 Å². The van der Waals surface area contributed by atoms with Crippen LogP contribution in [0.4, 0.5) is 5.82 Å². The van der Waals surface area contributed by atoms with Gasteiger partial charge in [-0.3, -0.25) is 14.4 Å². The quantitative estimate of drug-likeness (QED) is 0.218. The van der Waals surface area contributed by atoms with Crippen LogP contribution in [-0.4, -0.2) is 39.1 Å². The number of aromatic nitrogens is 3. The maximum Gasteiger partial charge on any atom is 0.263 e. The Labute approximate surface area is 230 Å². The number of halogens is 1. The SMILES string of the molecule is C=Nc1c(/C(N)=N\C)c(-c2ccc(Cl)c(O)c2)nn1Cc1cc2cccc(C)c2c(=O)n1-c1ccccc1C. The summed E-state index contributed by atoms with van der Waals surface area (Å²) in [6.07, 6.45) is 0. The van der Waals surface area contributed by atoms with Crippen molar-refractivity contribution in [2.45, 2.75) is 20.4 Å². The van der Waals surface area contributed by atoms with Crippen molar-refractivity contribution >= 4 is 40.7 Å². The molecule has 0 aliphatic heterocycles. The maximum atomic E-state index is 14.0. The topological polar surface area (TPSA) is 111 Å². The third-order valence-electron chi connectivity index (χ3n) is 6.79. The monoisotopic (exact) mass is 538 g/mol. The van der Waals surface area contributed by atoms with E-state index in [9.17, 15) is 9.90 Å². The molecular weight excluding hydrogens is 512 g/mol. The van der Waals surface area contributed by atoms with Gasteiger partial charge in [-0.15, -0.1) is 0 Å². The van der Waals surface area contributed by atoms with E-state index in [1.54, 1.807) is 28.4 Å². The van der Waals surface area contributed by atoms with E-state index in [2.05, 4.69) is 16.7 Å². The van der Waals surface area contributed by atoms with Crippen LogP contribution in [0, 0.1) is 13.8 Å². The van der Waals surface area contributed by atoms with Gasteiger partial charge in [-0.2, -0.15) is 5.10 Å². The molecule has 3 aromatic carbocycles. The summed E-state index contributed by atoms with van der Waals surface area (Å²) in [4.78, 5) is 22.4. The van der Waals surface area contributed by atoms with Crippen LogP contribution in [0.15, 0.2) is 81.5 Å². The molecule has 8 nitrogen and oxygen atoms in total. The molecular formula is C30H27ClN6O2. The van der Waals surface area contributed by atoms with Crippen LogP contribution < -0.4 is 11.3 Å². The number of hydrogen-bond acceptors (Lipinski definition) is 5. The fourth-order valence-electron chi connectivity index (χ4n) is 4.87. The molecule has 5 aromatic rings. The molecule has 0 radical (unpaired) electrons. The predicted molar refractivity (Wildman–Crippen MR) is 158 cm³/mol. The fourth-order valence-corrected chi connectivity index (χ4v) is 4.99. The zero-order valence-electron chi connectivity index (χ0n) is 21.8. The second-order valence-corrected chi connectivity index (χ2v) is 9.65. The minimum Gasteiger partial charge on any atom is -0.506 e. The van der Waals surface area contributed by atoms with Gasteiger partial charge in [-0.1, -0.05) is 54.1 Å². The molecule has 0 atom stereocenters. The summed E-state index contributed by atoms with van der Waals surface area (Å²) in [6.45, 7) is 7.86. The summed E-state index contributed by atoms with van der Waals surface area (Å²) in [5.41, 5.74) is 11.0. The first-order valence-corrected chi connectivity index (χ1v) is 12.6. The van der Waals surface area contributed by atoms with Crippen LogP contribution in [0.1, 0.15) is 22.4 Å². The lowest BCUT2D eigenvalue weighted by Gasteiger charge is -2.18. The number of amidine groups is 1. The normalized spacial score (nSPS) is 11.7. The van der Waals surface area contributed by atoms with E-state index >= 15 is 0 Å². The highest BCUT2D eigenvalue weighted by atomic mass is 35.5. The zero-order chi connectivity index (χ0) is 27.8. The van der Waals surface area contributed by atoms with Crippen LogP contribution in [0.25, 0.3) is 27.7 Å². The lowest BCUT2D eigenvalue weighted by atomic mass is 10.1. The van der Waals surface area contributed by atoms with Gasteiger partial charge in [0.25, 0.3) is 5.56 Å². The number of phenols is 1. The van der Waals surface area contributed by atoms with Gasteiger partial charge in [0.1, 0.15) is 17.3 Å². The van der Waals surface area contributed by atoms with Crippen molar-refractivity contribution in [2.75, 3.05) is 7.05 Å². The molecule has 0 bridgehead atoms. The standard InChI is InChI=1S/C30H27ClN6O2/c1-17-8-5-6-11-23(17)37-21(14-19-10-7-9-18(2)25(19)30(37)39)16-36-29(34-4)26(28(32)33-3)27(35-36)20-12-13-22(31)24(38)15-20/h5-15,38H,4,16H2,1-3H3,(H2,32,33). The summed E-state index contributed by atoms with van der Waals surface area (Å²) < 4.78 is 3.37. The summed E-state index contributed by atoms with van der Waals surface area (Å²) in [5.74, 6) is 0.502. The van der Waals surface area contributed by atoms with E-state index in [1.165, 1.54) is 6.07 Å². The van der Waals surface area contributed by atoms with E-state index < -0.39 is 0 Å². The largest absolute Gasteiger partial charge is 0.506 e. The number of aromatic hydroxyl groups is 1. The lowest BCUT2D eigenvalue weighted by molar-refractivity contribution is 0.476. The number of nitrogens with two attached hydrogens (primary N) is 1. The van der Waals surface area contributed by atoms with Crippen molar-refractivity contribution in [1.82, 2.24) is 14.3 Å². The molecule has 2 aromatic heterocycles. The van der Waals surface area contributed by atoms with Gasteiger partial charge in [0.15, 0.2) is 5.82 Å². The molecule has 0 saturated carbocycles. The van der Waals surface area contributed by atoms with Gasteiger partial charge in [0, 0.05) is 18.3 Å². The Kier molecular flexibility index (Phi) is 6.80. The number of rotatable bonds is 6. The van der Waals surface area contributed by atoms with E-state index in [0.29, 0.717) is 33.7 Å². The molecule has 9 heteroatoms. The van der Waals surface area contributed by atoms with Crippen LogP contribution in [0.5, 0.6) is 5.75 Å². The Morgan fingerprint density at radius 1 is 1.08 bits per heavy atom. The highest BCUT2D eigenvalue weighted by Gasteiger charge is 2.24. The van der Waals surface area contributed by atoms with Gasteiger partial charge in [0.05, 0.1) is 28.2 Å². The van der Waals surface area contributed by atoms with Gasteiger partial charge in [-0.25, -0.2) is 9.67 Å². The van der Waals surface area contributed by atoms with Gasteiger partial charge in [0.2, 0.25) is 0 Å². The Bertz CT molecular complexity index is 1850. The highest BCUT2D eigenvalue weighted by molar-refractivity contribution is 6.32. The van der Waals surface area contributed by atoms with Crippen molar-refractivity contribution in [2.24, 2.45) is 15.7 Å². The molecule has 0 fully saturated rings. The molecule has 0 saturated heterocycles. The maximum absolute atomic E-state index is 14.0.